The first kappa shape index (κ1) is 59.0. The van der Waals surface area contributed by atoms with Crippen LogP contribution >= 0.6 is 0 Å². The number of hydrogen-bond acceptors (Lipinski definition) is 10. The van der Waals surface area contributed by atoms with Crippen LogP contribution in [0.3, 0.4) is 0 Å². The zero-order valence-corrected chi connectivity index (χ0v) is 48.4. The Bertz CT molecular complexity index is 2930. The van der Waals surface area contributed by atoms with E-state index in [4.69, 9.17) is 0 Å². The Hall–Kier alpha value is -7.11. The van der Waals surface area contributed by atoms with Gasteiger partial charge in [-0.2, -0.15) is 0 Å². The number of fused-ring (bicyclic) bond motifs is 3. The number of carbonyl (C=O) groups excluding carboxylic acids is 7. The first-order valence-electron chi connectivity index (χ1n) is 28.6. The number of carbonyl (C=O) groups is 7. The van der Waals surface area contributed by atoms with Gasteiger partial charge in [-0.1, -0.05) is 108 Å². The van der Waals surface area contributed by atoms with Gasteiger partial charge in [0.2, 0.25) is 35.4 Å². The molecule has 2 heterocycles. The van der Waals surface area contributed by atoms with Gasteiger partial charge in [-0.05, 0) is 147 Å². The van der Waals surface area contributed by atoms with Crippen LogP contribution in [0, 0.1) is 10.8 Å². The van der Waals surface area contributed by atoms with Crippen LogP contribution < -0.4 is 42.5 Å². The lowest BCUT2D eigenvalue weighted by molar-refractivity contribution is -0.147. The smallest absolute Gasteiger partial charge is 0.251 e. The van der Waals surface area contributed by atoms with Gasteiger partial charge in [0.25, 0.3) is 5.91 Å². The maximum atomic E-state index is 14.9. The standard InChI is InChI=1S/C63H84N10O7/c1-37(64-9)55(74)70-53(62(3,4)5)60(79)72-35-44-31-45(30-29-43(44)32-51(72)58(77)68-49-23-15-19-40-17-11-13-21-47(40)49)66-34-39-25-27-42(28-26-39)57(76)67-46-33-52(59(78)69-50-24-16-20-41-18-12-14-22-48(41)50)73(36-46)61(80)54(63(6,7)8)71-56(75)38(2)65-10/h11-14,17-18,21-22,25-31,37-38,46,49-54,64-66H,15-16,19-20,23-24,32-36H2,1-10H3,(H,67,76)(H,68,77)(H,69,78)(H,70,74)(H,71,75)/t37?,38?,46-,49+,50+,51?,52-,53?,54?/m0/s1. The fourth-order valence-electron chi connectivity index (χ4n) is 11.6. The number of rotatable bonds is 17. The normalized spacial score (nSPS) is 21.2. The zero-order chi connectivity index (χ0) is 57.6. The number of likely N-dealkylation sites (N-methyl/N-ethyl adjacent to an activating group) is 2. The molecule has 2 aliphatic carbocycles. The summed E-state index contributed by atoms with van der Waals surface area (Å²) < 4.78 is 0. The number of hydrogen-bond donors (Lipinski definition) is 8. The molecule has 4 aliphatic rings. The third-order valence-electron chi connectivity index (χ3n) is 16.7. The van der Waals surface area contributed by atoms with E-state index in [1.165, 1.54) is 16.0 Å². The first-order valence-corrected chi connectivity index (χ1v) is 28.6. The number of nitrogens with zero attached hydrogens (tertiary/aromatic N) is 2. The minimum atomic E-state index is -0.942. The summed E-state index contributed by atoms with van der Waals surface area (Å²) in [6.45, 7) is 15.5. The van der Waals surface area contributed by atoms with Crippen molar-refractivity contribution in [3.63, 3.8) is 0 Å². The molecule has 0 aromatic heterocycles. The molecule has 1 saturated heterocycles. The van der Waals surface area contributed by atoms with Crippen LogP contribution in [0.5, 0.6) is 0 Å². The number of aryl methyl sites for hydroxylation is 2. The SMILES string of the molecule is CNC(C)C(=O)NC(C(=O)N1Cc2cc(NCc3ccc(C(=O)N[C@H]4C[C@@H](C(=O)N[C@@H]5CCCc6ccccc65)N(C(=O)C(NC(=O)C(C)NC)C(C)(C)C)C4)cc3)ccc2CC1C(=O)N[C@@H]1CCCc2ccccc21)C(C)(C)C. The Kier molecular flexibility index (Phi) is 18.5. The van der Waals surface area contributed by atoms with E-state index in [0.717, 1.165) is 72.0 Å². The maximum absolute atomic E-state index is 14.9. The highest BCUT2D eigenvalue weighted by Crippen LogP contribution is 2.35. The molecular formula is C63H84N10O7. The monoisotopic (exact) mass is 1090 g/mol. The van der Waals surface area contributed by atoms with Crippen molar-refractivity contribution in [3.8, 4) is 0 Å². The van der Waals surface area contributed by atoms with E-state index in [0.29, 0.717) is 18.5 Å². The number of nitrogens with one attached hydrogen (secondary N) is 8. The molecule has 0 saturated carbocycles. The lowest BCUT2D eigenvalue weighted by atomic mass is 9.83. The average molecular weight is 1090 g/mol. The minimum absolute atomic E-state index is 0.0790. The quantitative estimate of drug-likeness (QED) is 0.0624. The van der Waals surface area contributed by atoms with Crippen LogP contribution in [-0.2, 0) is 61.1 Å². The van der Waals surface area contributed by atoms with Gasteiger partial charge >= 0.3 is 0 Å². The number of benzene rings is 4. The summed E-state index contributed by atoms with van der Waals surface area (Å²) in [7, 11) is 3.37. The van der Waals surface area contributed by atoms with Crippen LogP contribution in [0.15, 0.2) is 91.0 Å². The van der Waals surface area contributed by atoms with E-state index in [2.05, 4.69) is 60.7 Å². The van der Waals surface area contributed by atoms with Crippen LogP contribution in [0.25, 0.3) is 0 Å². The summed E-state index contributed by atoms with van der Waals surface area (Å²) in [5.74, 6) is -2.24. The second kappa shape index (κ2) is 25.1. The molecule has 8 rings (SSSR count). The van der Waals surface area contributed by atoms with E-state index in [-0.39, 0.29) is 72.9 Å². The van der Waals surface area contributed by atoms with Crippen molar-refractivity contribution in [1.29, 1.82) is 0 Å². The molecule has 5 unspecified atom stereocenters. The fourth-order valence-corrected chi connectivity index (χ4v) is 11.6. The fraction of sp³-hybridized carbons (Fsp3) is 0.508. The summed E-state index contributed by atoms with van der Waals surface area (Å²) in [6.07, 6.45) is 5.80. The van der Waals surface area contributed by atoms with Gasteiger partial charge in [0, 0.05) is 43.3 Å². The van der Waals surface area contributed by atoms with E-state index in [9.17, 15) is 33.6 Å². The largest absolute Gasteiger partial charge is 0.381 e. The number of likely N-dealkylation sites (tertiary alicyclic amines) is 1. The van der Waals surface area contributed by atoms with Gasteiger partial charge in [0.05, 0.1) is 24.2 Å². The van der Waals surface area contributed by atoms with Crippen LogP contribution in [0.1, 0.15) is 149 Å². The molecule has 2 aliphatic heterocycles. The lowest BCUT2D eigenvalue weighted by Crippen LogP contribution is -2.62. The third kappa shape index (κ3) is 13.7. The zero-order valence-electron chi connectivity index (χ0n) is 48.4. The maximum Gasteiger partial charge on any atom is 0.251 e. The minimum Gasteiger partial charge on any atom is -0.381 e. The molecule has 4 aromatic carbocycles. The van der Waals surface area contributed by atoms with E-state index in [1.807, 2.05) is 102 Å². The molecule has 80 heavy (non-hydrogen) atoms. The molecule has 17 heteroatoms. The van der Waals surface area contributed by atoms with E-state index >= 15 is 0 Å². The highest BCUT2D eigenvalue weighted by molar-refractivity contribution is 5.97. The molecule has 8 N–H and O–H groups in total. The van der Waals surface area contributed by atoms with Gasteiger partial charge in [0.1, 0.15) is 24.2 Å². The Morgan fingerprint density at radius 3 is 1.62 bits per heavy atom. The molecule has 4 aromatic rings. The molecule has 17 nitrogen and oxygen atoms in total. The number of amides is 7. The van der Waals surface area contributed by atoms with Crippen molar-refractivity contribution in [2.45, 2.75) is 174 Å². The van der Waals surface area contributed by atoms with Crippen LogP contribution in [0.4, 0.5) is 5.69 Å². The van der Waals surface area contributed by atoms with Crippen molar-refractivity contribution < 1.29 is 33.6 Å². The van der Waals surface area contributed by atoms with Crippen LogP contribution in [-0.4, -0.2) is 114 Å². The van der Waals surface area contributed by atoms with Crippen LogP contribution in [0.2, 0.25) is 0 Å². The lowest BCUT2D eigenvalue weighted by Gasteiger charge is -2.42. The van der Waals surface area contributed by atoms with Crippen molar-refractivity contribution in [2.75, 3.05) is 26.0 Å². The Morgan fingerprint density at radius 1 is 0.588 bits per heavy atom. The van der Waals surface area contributed by atoms with E-state index in [1.54, 1.807) is 45.0 Å². The van der Waals surface area contributed by atoms with Gasteiger partial charge in [-0.25, -0.2) is 0 Å². The Balaban J connectivity index is 0.955. The summed E-state index contributed by atoms with van der Waals surface area (Å²) in [5, 5.41) is 25.0. The summed E-state index contributed by atoms with van der Waals surface area (Å²) >= 11 is 0. The van der Waals surface area contributed by atoms with Gasteiger partial charge in [-0.3, -0.25) is 33.6 Å². The molecule has 9 atom stereocenters. The molecule has 428 valence electrons. The summed E-state index contributed by atoms with van der Waals surface area (Å²) in [5.41, 5.74) is 7.18. The predicted octanol–water partition coefficient (Wildman–Crippen LogP) is 5.92. The average Bonchev–Trinajstić information content (AvgIpc) is 3.88. The third-order valence-corrected chi connectivity index (χ3v) is 16.7. The van der Waals surface area contributed by atoms with Crippen molar-refractivity contribution in [1.82, 2.24) is 47.0 Å². The van der Waals surface area contributed by atoms with Crippen molar-refractivity contribution >= 4 is 47.0 Å². The molecule has 0 bridgehead atoms. The number of anilines is 1. The highest BCUT2D eigenvalue weighted by Gasteiger charge is 2.47. The highest BCUT2D eigenvalue weighted by atomic mass is 16.2. The van der Waals surface area contributed by atoms with Crippen molar-refractivity contribution in [2.24, 2.45) is 10.8 Å². The molecule has 0 spiro atoms. The second-order valence-electron chi connectivity index (χ2n) is 24.6. The molecule has 7 amide bonds. The van der Waals surface area contributed by atoms with Gasteiger partial charge in [-0.15, -0.1) is 0 Å². The molecule has 0 radical (unpaired) electrons. The Morgan fingerprint density at radius 2 is 1.10 bits per heavy atom. The predicted molar refractivity (Wildman–Crippen MR) is 310 cm³/mol. The first-order chi connectivity index (χ1) is 38.0. The van der Waals surface area contributed by atoms with Gasteiger partial charge in [0.15, 0.2) is 0 Å². The summed E-state index contributed by atoms with van der Waals surface area (Å²) in [6, 6.07) is 23.9. The van der Waals surface area contributed by atoms with Gasteiger partial charge < -0.3 is 52.3 Å². The molecular weight excluding hydrogens is 1010 g/mol. The van der Waals surface area contributed by atoms with Crippen molar-refractivity contribution in [3.05, 3.63) is 136 Å². The molecule has 1 fully saturated rings. The second-order valence-corrected chi connectivity index (χ2v) is 24.6. The Labute approximate surface area is 472 Å². The van der Waals surface area contributed by atoms with E-state index < -0.39 is 53.1 Å². The summed E-state index contributed by atoms with van der Waals surface area (Å²) in [4.78, 5) is 102. The topological polar surface area (TPSA) is 222 Å².